The van der Waals surface area contributed by atoms with Crippen LogP contribution < -0.4 is 0 Å². The van der Waals surface area contributed by atoms with Crippen molar-refractivity contribution in [3.8, 4) is 0 Å². The summed E-state index contributed by atoms with van der Waals surface area (Å²) in [6, 6.07) is 0. The quantitative estimate of drug-likeness (QED) is 0.387. The second kappa shape index (κ2) is 24.1. The minimum absolute atomic E-state index is 0. The predicted octanol–water partition coefficient (Wildman–Crippen LogP) is 0.586. The Bertz CT molecular complexity index is 8.00. The van der Waals surface area contributed by atoms with E-state index in [1.54, 1.807) is 0 Å². The summed E-state index contributed by atoms with van der Waals surface area (Å²) in [5.41, 5.74) is 0. The second-order valence-electron chi connectivity index (χ2n) is 0. The van der Waals surface area contributed by atoms with E-state index in [0.29, 0.717) is 0 Å². The molecule has 0 saturated heterocycles. The predicted molar refractivity (Wildman–Crippen MR) is 15.7 cm³/mol. The van der Waals surface area contributed by atoms with Gasteiger partial charge in [-0.05, 0) is 8.02 Å². The molecule has 0 amide bonds. The van der Waals surface area contributed by atoms with Crippen LogP contribution in [0.15, 0.2) is 0 Å². The molecule has 30 valence electrons. The van der Waals surface area contributed by atoms with Gasteiger partial charge in [-0.2, -0.15) is 0 Å². The van der Waals surface area contributed by atoms with E-state index in [0.717, 1.165) is 0 Å². The molecule has 0 aromatic heterocycles. The van der Waals surface area contributed by atoms with Gasteiger partial charge in [-0.15, -0.1) is 0 Å². The van der Waals surface area contributed by atoms with E-state index in [4.69, 9.17) is 0 Å². The Morgan fingerprint density at radius 2 is 1.25 bits per heavy atom. The summed E-state index contributed by atoms with van der Waals surface area (Å²) in [6.45, 7) is 0. The first-order chi connectivity index (χ1) is 1.00. The van der Waals surface area contributed by atoms with Gasteiger partial charge in [0.1, 0.15) is 0 Å². The van der Waals surface area contributed by atoms with Gasteiger partial charge in [-0.1, -0.05) is 11.8 Å². The molecular formula is HFeNiPS. The molecule has 0 aromatic rings. The minimum atomic E-state index is 0. The first-order valence-corrected chi connectivity index (χ1v) is 1.84. The van der Waals surface area contributed by atoms with Gasteiger partial charge in [0.25, 0.3) is 0 Å². The summed E-state index contributed by atoms with van der Waals surface area (Å²) in [7, 11) is 2.56. The average molecular weight is 179 g/mol. The van der Waals surface area contributed by atoms with Gasteiger partial charge in [0, 0.05) is 33.6 Å². The first-order valence-electron chi connectivity index (χ1n) is 0.204. The Labute approximate surface area is 53.4 Å². The molecular weight excluding hydrogens is 178 g/mol. The fourth-order valence-corrected chi connectivity index (χ4v) is 0. The zero-order valence-corrected chi connectivity index (χ0v) is 5.49. The monoisotopic (exact) mass is 178 g/mol. The normalized spacial score (nSPS) is 1.00. The Hall–Kier alpha value is 1.53. The van der Waals surface area contributed by atoms with Gasteiger partial charge < -0.3 is 0 Å². The molecule has 0 aliphatic carbocycles. The van der Waals surface area contributed by atoms with Crippen LogP contribution in [0.2, 0.25) is 0 Å². The van der Waals surface area contributed by atoms with E-state index in [1.807, 2.05) is 0 Å². The SMILES string of the molecule is P=S.[Fe].[Ni]. The number of hydrogen-bond donors (Lipinski definition) is 0. The summed E-state index contributed by atoms with van der Waals surface area (Å²) in [5, 5.41) is 0. The molecule has 0 rings (SSSR count). The molecule has 0 bridgehead atoms. The van der Waals surface area contributed by atoms with Crippen LogP contribution >= 0.6 is 8.02 Å². The van der Waals surface area contributed by atoms with Gasteiger partial charge in [0.15, 0.2) is 0 Å². The molecule has 0 saturated carbocycles. The molecule has 0 aliphatic heterocycles. The third-order valence-corrected chi connectivity index (χ3v) is 0. The Balaban J connectivity index is -0.00000000500. The van der Waals surface area contributed by atoms with Crippen LogP contribution in [0.1, 0.15) is 0 Å². The fraction of sp³-hybridized carbons (Fsp3) is 0. The number of rotatable bonds is 0. The van der Waals surface area contributed by atoms with Crippen LogP contribution in [0.4, 0.5) is 0 Å². The maximum Gasteiger partial charge on any atom is 0 e. The van der Waals surface area contributed by atoms with Gasteiger partial charge in [0.05, 0.1) is 0 Å². The van der Waals surface area contributed by atoms with E-state index in [1.165, 1.54) is 0 Å². The zero-order chi connectivity index (χ0) is 2.00. The molecule has 4 heteroatoms. The van der Waals surface area contributed by atoms with Crippen LogP contribution in [0.25, 0.3) is 0 Å². The van der Waals surface area contributed by atoms with Crippen molar-refractivity contribution in [3.63, 3.8) is 0 Å². The molecule has 0 aromatic carbocycles. The topological polar surface area (TPSA) is 0 Å². The van der Waals surface area contributed by atoms with Gasteiger partial charge in [-0.25, -0.2) is 0 Å². The Morgan fingerprint density at radius 3 is 1.25 bits per heavy atom. The third kappa shape index (κ3) is 9.65. The fourth-order valence-electron chi connectivity index (χ4n) is 0. The van der Waals surface area contributed by atoms with E-state index in [9.17, 15) is 0 Å². The summed E-state index contributed by atoms with van der Waals surface area (Å²) in [5.74, 6) is 0. The van der Waals surface area contributed by atoms with E-state index in [2.05, 4.69) is 19.8 Å². The number of hydrogen-bond acceptors (Lipinski definition) is 1. The summed E-state index contributed by atoms with van der Waals surface area (Å²) in [6.07, 6.45) is 0. The third-order valence-electron chi connectivity index (χ3n) is 0. The van der Waals surface area contributed by atoms with Gasteiger partial charge >= 0.3 is 0 Å². The van der Waals surface area contributed by atoms with E-state index in [-0.39, 0.29) is 33.6 Å². The van der Waals surface area contributed by atoms with Crippen molar-refractivity contribution in [2.24, 2.45) is 0 Å². The largest absolute Gasteiger partial charge is 0.0615 e. The van der Waals surface area contributed by atoms with Crippen LogP contribution in [0.3, 0.4) is 0 Å². The van der Waals surface area contributed by atoms with Crippen molar-refractivity contribution in [1.82, 2.24) is 0 Å². The van der Waals surface area contributed by atoms with Crippen molar-refractivity contribution in [2.75, 3.05) is 0 Å². The van der Waals surface area contributed by atoms with Crippen LogP contribution in [-0.2, 0) is 45.4 Å². The standard InChI is InChI=1S/Fe.Ni.HPS/c;;1-2/h;;1H. The van der Waals surface area contributed by atoms with Crippen LogP contribution in [-0.4, -0.2) is 0 Å². The minimum Gasteiger partial charge on any atom is -0.0615 e. The van der Waals surface area contributed by atoms with Crippen molar-refractivity contribution in [2.45, 2.75) is 0 Å². The van der Waals surface area contributed by atoms with Gasteiger partial charge in [-0.3, -0.25) is 0 Å². The molecule has 0 spiro atoms. The van der Waals surface area contributed by atoms with Crippen molar-refractivity contribution >= 4 is 19.8 Å². The maximum absolute atomic E-state index is 3.89. The molecule has 0 aliphatic rings. The smallest absolute Gasteiger partial charge is 0 e. The molecule has 0 heterocycles. The molecule has 0 nitrogen and oxygen atoms in total. The van der Waals surface area contributed by atoms with Crippen LogP contribution in [0.5, 0.6) is 0 Å². The van der Waals surface area contributed by atoms with Gasteiger partial charge in [0.2, 0.25) is 0 Å². The Morgan fingerprint density at radius 1 is 1.25 bits per heavy atom. The Kier molecular flexibility index (Phi) is 107. The maximum atomic E-state index is 3.89. The van der Waals surface area contributed by atoms with Crippen molar-refractivity contribution < 1.29 is 33.6 Å². The summed E-state index contributed by atoms with van der Waals surface area (Å²) >= 11 is 3.89. The summed E-state index contributed by atoms with van der Waals surface area (Å²) < 4.78 is 0. The van der Waals surface area contributed by atoms with Crippen molar-refractivity contribution in [1.29, 1.82) is 0 Å². The second-order valence-corrected chi connectivity index (χ2v) is 0. The summed E-state index contributed by atoms with van der Waals surface area (Å²) in [4.78, 5) is 0. The molecule has 0 N–H and O–H groups in total. The zero-order valence-electron chi connectivity index (χ0n) is 1.58. The molecule has 4 heavy (non-hydrogen) atoms. The first kappa shape index (κ1) is 17.7. The molecule has 0 fully saturated rings. The van der Waals surface area contributed by atoms with Crippen LogP contribution in [0, 0.1) is 0 Å². The van der Waals surface area contributed by atoms with E-state index >= 15 is 0 Å². The molecule has 0 unspecified atom stereocenters. The van der Waals surface area contributed by atoms with E-state index < -0.39 is 0 Å². The molecule has 0 radical (unpaired) electrons. The average Bonchev–Trinajstić information content (AvgIpc) is 1.00. The van der Waals surface area contributed by atoms with Crippen molar-refractivity contribution in [3.05, 3.63) is 0 Å². The molecule has 0 atom stereocenters.